The van der Waals surface area contributed by atoms with Gasteiger partial charge in [0.05, 0.1) is 12.7 Å². The molecule has 0 bridgehead atoms. The first-order chi connectivity index (χ1) is 11.1. The topological polar surface area (TPSA) is 26.3 Å². The second-order valence-corrected chi connectivity index (χ2v) is 5.74. The molecule has 0 N–H and O–H groups in total. The molecular formula is C18H12F2O2S. The first kappa shape index (κ1) is 15.4. The highest BCUT2D eigenvalue weighted by atomic mass is 32.1. The van der Waals surface area contributed by atoms with Gasteiger partial charge in [0, 0.05) is 21.6 Å². The molecule has 3 aromatic rings. The molecule has 0 fully saturated rings. The summed E-state index contributed by atoms with van der Waals surface area (Å²) in [6, 6.07) is 12.0. The second-order valence-electron chi connectivity index (χ2n) is 4.82. The highest BCUT2D eigenvalue weighted by Gasteiger charge is 2.19. The average molecular weight is 330 g/mol. The van der Waals surface area contributed by atoms with E-state index in [1.54, 1.807) is 35.7 Å². The zero-order chi connectivity index (χ0) is 16.4. The Balaban J connectivity index is 2.20. The van der Waals surface area contributed by atoms with E-state index < -0.39 is 17.6 Å². The van der Waals surface area contributed by atoms with Crippen molar-refractivity contribution in [1.82, 2.24) is 0 Å². The zero-order valence-corrected chi connectivity index (χ0v) is 13.0. The van der Waals surface area contributed by atoms with Crippen LogP contribution < -0.4 is 0 Å². The van der Waals surface area contributed by atoms with Crippen molar-refractivity contribution in [1.29, 1.82) is 0 Å². The maximum Gasteiger partial charge on any atom is 0.338 e. The molecule has 0 aliphatic heterocycles. The van der Waals surface area contributed by atoms with Crippen LogP contribution in [0, 0.1) is 11.6 Å². The fourth-order valence-electron chi connectivity index (χ4n) is 2.40. The molecule has 0 radical (unpaired) electrons. The number of hydrogen-bond donors (Lipinski definition) is 0. The Kier molecular flexibility index (Phi) is 4.21. The number of carbonyl (C=O) groups is 1. The monoisotopic (exact) mass is 330 g/mol. The van der Waals surface area contributed by atoms with Crippen LogP contribution in [0.1, 0.15) is 10.4 Å². The Bertz CT molecular complexity index is 871. The van der Waals surface area contributed by atoms with Crippen molar-refractivity contribution in [2.24, 2.45) is 0 Å². The molecule has 3 rings (SSSR count). The Morgan fingerprint density at radius 2 is 1.78 bits per heavy atom. The number of rotatable bonds is 3. The van der Waals surface area contributed by atoms with E-state index in [-0.39, 0.29) is 5.56 Å². The zero-order valence-electron chi connectivity index (χ0n) is 12.2. The molecule has 2 aromatic carbocycles. The molecule has 116 valence electrons. The van der Waals surface area contributed by atoms with Crippen LogP contribution in [0.5, 0.6) is 0 Å². The number of methoxy groups -OCH3 is 1. The molecule has 0 unspecified atom stereocenters. The number of esters is 1. The van der Waals surface area contributed by atoms with E-state index in [0.717, 1.165) is 18.2 Å². The molecule has 0 aliphatic carbocycles. The minimum Gasteiger partial charge on any atom is -0.465 e. The molecule has 1 aromatic heterocycles. The summed E-state index contributed by atoms with van der Waals surface area (Å²) < 4.78 is 32.4. The maximum atomic E-state index is 14.1. The van der Waals surface area contributed by atoms with E-state index in [4.69, 9.17) is 4.74 Å². The van der Waals surface area contributed by atoms with Gasteiger partial charge in [0.2, 0.25) is 0 Å². The van der Waals surface area contributed by atoms with Crippen molar-refractivity contribution in [2.75, 3.05) is 7.11 Å². The number of ether oxygens (including phenoxy) is 1. The maximum absolute atomic E-state index is 14.1. The normalized spacial score (nSPS) is 10.6. The van der Waals surface area contributed by atoms with Gasteiger partial charge in [0.15, 0.2) is 0 Å². The largest absolute Gasteiger partial charge is 0.465 e. The van der Waals surface area contributed by atoms with Crippen LogP contribution in [0.2, 0.25) is 0 Å². The average Bonchev–Trinajstić information content (AvgIpc) is 3.05. The molecule has 0 saturated carbocycles. The Morgan fingerprint density at radius 3 is 2.57 bits per heavy atom. The number of carbonyl (C=O) groups excluding carboxylic acids is 1. The quantitative estimate of drug-likeness (QED) is 0.621. The SMILES string of the molecule is COC(=O)c1ccccc1-c1sccc1-c1cc(F)ccc1F. The van der Waals surface area contributed by atoms with Crippen molar-refractivity contribution >= 4 is 17.3 Å². The van der Waals surface area contributed by atoms with E-state index in [0.29, 0.717) is 21.6 Å². The van der Waals surface area contributed by atoms with Gasteiger partial charge in [-0.25, -0.2) is 13.6 Å². The minimum atomic E-state index is -0.514. The number of thiophene rings is 1. The summed E-state index contributed by atoms with van der Waals surface area (Å²) in [6.45, 7) is 0. The number of hydrogen-bond acceptors (Lipinski definition) is 3. The third kappa shape index (κ3) is 2.87. The van der Waals surface area contributed by atoms with Gasteiger partial charge in [-0.2, -0.15) is 0 Å². The van der Waals surface area contributed by atoms with Gasteiger partial charge in [-0.3, -0.25) is 0 Å². The van der Waals surface area contributed by atoms with Crippen molar-refractivity contribution in [3.63, 3.8) is 0 Å². The smallest absolute Gasteiger partial charge is 0.338 e. The van der Waals surface area contributed by atoms with Gasteiger partial charge < -0.3 is 4.74 Å². The Labute approximate surface area is 136 Å². The lowest BCUT2D eigenvalue weighted by Crippen LogP contribution is -2.03. The highest BCUT2D eigenvalue weighted by molar-refractivity contribution is 7.14. The molecular weight excluding hydrogens is 318 g/mol. The first-order valence-corrected chi connectivity index (χ1v) is 7.70. The molecule has 0 atom stereocenters. The summed E-state index contributed by atoms with van der Waals surface area (Å²) in [6.07, 6.45) is 0. The molecule has 5 heteroatoms. The minimum absolute atomic E-state index is 0.168. The molecule has 2 nitrogen and oxygen atoms in total. The van der Waals surface area contributed by atoms with E-state index in [9.17, 15) is 13.6 Å². The molecule has 0 saturated heterocycles. The van der Waals surface area contributed by atoms with Crippen LogP contribution in [-0.2, 0) is 4.74 Å². The fourth-order valence-corrected chi connectivity index (χ4v) is 3.35. The number of halogens is 2. The van der Waals surface area contributed by atoms with Crippen LogP contribution in [0.3, 0.4) is 0 Å². The van der Waals surface area contributed by atoms with Crippen molar-refractivity contribution in [2.45, 2.75) is 0 Å². The highest BCUT2D eigenvalue weighted by Crippen LogP contribution is 2.39. The molecule has 0 amide bonds. The molecule has 1 heterocycles. The first-order valence-electron chi connectivity index (χ1n) is 6.82. The van der Waals surface area contributed by atoms with Crippen molar-refractivity contribution in [3.8, 4) is 21.6 Å². The van der Waals surface area contributed by atoms with Crippen LogP contribution in [0.4, 0.5) is 8.78 Å². The summed E-state index contributed by atoms with van der Waals surface area (Å²) in [5, 5.41) is 1.78. The Morgan fingerprint density at radius 1 is 1.00 bits per heavy atom. The molecule has 23 heavy (non-hydrogen) atoms. The van der Waals surface area contributed by atoms with E-state index in [2.05, 4.69) is 0 Å². The second kappa shape index (κ2) is 6.30. The summed E-state index contributed by atoms with van der Waals surface area (Å²) >= 11 is 1.36. The lowest BCUT2D eigenvalue weighted by molar-refractivity contribution is 0.0601. The van der Waals surface area contributed by atoms with Crippen LogP contribution in [0.15, 0.2) is 53.9 Å². The molecule has 0 spiro atoms. The summed E-state index contributed by atoms with van der Waals surface area (Å²) in [5.74, 6) is -1.50. The van der Waals surface area contributed by atoms with Gasteiger partial charge in [-0.15, -0.1) is 11.3 Å². The summed E-state index contributed by atoms with van der Waals surface area (Å²) in [4.78, 5) is 12.6. The number of benzene rings is 2. The predicted molar refractivity (Wildman–Crippen MR) is 86.4 cm³/mol. The third-order valence-corrected chi connectivity index (χ3v) is 4.41. The summed E-state index contributed by atoms with van der Waals surface area (Å²) in [5.41, 5.74) is 1.73. The Hall–Kier alpha value is -2.53. The van der Waals surface area contributed by atoms with Crippen LogP contribution in [0.25, 0.3) is 21.6 Å². The predicted octanol–water partition coefficient (Wildman–Crippen LogP) is 5.15. The van der Waals surface area contributed by atoms with Gasteiger partial charge >= 0.3 is 5.97 Å². The van der Waals surface area contributed by atoms with Crippen LogP contribution in [-0.4, -0.2) is 13.1 Å². The standard InChI is InChI=1S/C18H12F2O2S/c1-22-18(21)14-5-3-2-4-12(14)17-13(8-9-23-17)15-10-11(19)6-7-16(15)20/h2-10H,1H3. The van der Waals surface area contributed by atoms with Gasteiger partial charge in [-0.05, 0) is 35.7 Å². The van der Waals surface area contributed by atoms with Gasteiger partial charge in [0.1, 0.15) is 11.6 Å². The van der Waals surface area contributed by atoms with Crippen molar-refractivity contribution in [3.05, 3.63) is 71.1 Å². The summed E-state index contributed by atoms with van der Waals surface area (Å²) in [7, 11) is 1.31. The van der Waals surface area contributed by atoms with E-state index >= 15 is 0 Å². The fraction of sp³-hybridized carbons (Fsp3) is 0.0556. The van der Waals surface area contributed by atoms with Gasteiger partial charge in [-0.1, -0.05) is 18.2 Å². The van der Waals surface area contributed by atoms with Crippen LogP contribution >= 0.6 is 11.3 Å². The lowest BCUT2D eigenvalue weighted by Gasteiger charge is -2.10. The van der Waals surface area contributed by atoms with E-state index in [1.165, 1.54) is 18.4 Å². The van der Waals surface area contributed by atoms with Crippen molar-refractivity contribution < 1.29 is 18.3 Å². The lowest BCUT2D eigenvalue weighted by atomic mass is 9.99. The van der Waals surface area contributed by atoms with Gasteiger partial charge in [0.25, 0.3) is 0 Å². The molecule has 0 aliphatic rings. The third-order valence-electron chi connectivity index (χ3n) is 3.46. The van der Waals surface area contributed by atoms with E-state index in [1.807, 2.05) is 0 Å².